The highest BCUT2D eigenvalue weighted by molar-refractivity contribution is 9.10. The summed E-state index contributed by atoms with van der Waals surface area (Å²) < 4.78 is 20.2. The van der Waals surface area contributed by atoms with Gasteiger partial charge in [-0.15, -0.1) is 0 Å². The Morgan fingerprint density at radius 1 is 1.16 bits per heavy atom. The molecule has 2 rings (SSSR count). The lowest BCUT2D eigenvalue weighted by Crippen LogP contribution is -2.05. The molecule has 0 aliphatic carbocycles. The Labute approximate surface area is 120 Å². The van der Waals surface area contributed by atoms with Gasteiger partial charge in [0.15, 0.2) is 0 Å². The van der Waals surface area contributed by atoms with Gasteiger partial charge < -0.3 is 10.1 Å². The van der Waals surface area contributed by atoms with Gasteiger partial charge in [0, 0.05) is 17.1 Å². The SMILES string of the molecule is CNCc1cc(F)cc(Oc2ccc(Br)c(C)c2)c1. The van der Waals surface area contributed by atoms with Crippen LogP contribution in [-0.2, 0) is 6.54 Å². The molecule has 4 heteroatoms. The fourth-order valence-corrected chi connectivity index (χ4v) is 2.05. The summed E-state index contributed by atoms with van der Waals surface area (Å²) in [5.41, 5.74) is 1.93. The number of benzene rings is 2. The quantitative estimate of drug-likeness (QED) is 0.899. The largest absolute Gasteiger partial charge is 0.457 e. The van der Waals surface area contributed by atoms with Crippen LogP contribution in [0.15, 0.2) is 40.9 Å². The molecule has 0 unspecified atom stereocenters. The number of nitrogens with one attached hydrogen (secondary N) is 1. The second kappa shape index (κ2) is 6.17. The lowest BCUT2D eigenvalue weighted by atomic mass is 10.2. The van der Waals surface area contributed by atoms with Gasteiger partial charge in [0.25, 0.3) is 0 Å². The van der Waals surface area contributed by atoms with Gasteiger partial charge in [-0.3, -0.25) is 0 Å². The smallest absolute Gasteiger partial charge is 0.130 e. The molecule has 0 aliphatic rings. The maximum atomic E-state index is 13.5. The molecule has 0 heterocycles. The van der Waals surface area contributed by atoms with E-state index in [1.807, 2.05) is 38.2 Å². The number of aryl methyl sites for hydroxylation is 1. The highest BCUT2D eigenvalue weighted by Crippen LogP contribution is 2.27. The van der Waals surface area contributed by atoms with Crippen LogP contribution in [0.3, 0.4) is 0 Å². The Morgan fingerprint density at radius 2 is 1.95 bits per heavy atom. The molecule has 0 aliphatic heterocycles. The molecule has 2 nitrogen and oxygen atoms in total. The van der Waals surface area contributed by atoms with Gasteiger partial charge in [-0.25, -0.2) is 4.39 Å². The van der Waals surface area contributed by atoms with Crippen molar-refractivity contribution in [2.45, 2.75) is 13.5 Å². The van der Waals surface area contributed by atoms with Crippen molar-refractivity contribution in [2.24, 2.45) is 0 Å². The molecule has 0 atom stereocenters. The van der Waals surface area contributed by atoms with E-state index in [9.17, 15) is 4.39 Å². The van der Waals surface area contributed by atoms with Gasteiger partial charge in [0.05, 0.1) is 0 Å². The average molecular weight is 324 g/mol. The number of hydrogen-bond donors (Lipinski definition) is 1. The first-order chi connectivity index (χ1) is 9.08. The van der Waals surface area contributed by atoms with Gasteiger partial charge >= 0.3 is 0 Å². The highest BCUT2D eigenvalue weighted by atomic mass is 79.9. The van der Waals surface area contributed by atoms with Crippen molar-refractivity contribution in [1.82, 2.24) is 5.32 Å². The molecule has 0 saturated heterocycles. The molecule has 2 aromatic rings. The maximum absolute atomic E-state index is 13.5. The van der Waals surface area contributed by atoms with Gasteiger partial charge in [0.1, 0.15) is 17.3 Å². The number of rotatable bonds is 4. The van der Waals surface area contributed by atoms with Crippen LogP contribution in [0.1, 0.15) is 11.1 Å². The summed E-state index contributed by atoms with van der Waals surface area (Å²) in [5.74, 6) is 0.908. The van der Waals surface area contributed by atoms with E-state index in [2.05, 4.69) is 21.2 Å². The Kier molecular flexibility index (Phi) is 4.56. The number of halogens is 2. The summed E-state index contributed by atoms with van der Waals surface area (Å²) in [4.78, 5) is 0. The fraction of sp³-hybridized carbons (Fsp3) is 0.200. The van der Waals surface area contributed by atoms with Crippen LogP contribution in [0.5, 0.6) is 11.5 Å². The van der Waals surface area contributed by atoms with Crippen LogP contribution >= 0.6 is 15.9 Å². The van der Waals surface area contributed by atoms with Gasteiger partial charge in [-0.1, -0.05) is 15.9 Å². The Balaban J connectivity index is 2.24. The van der Waals surface area contributed by atoms with Crippen LogP contribution in [0.25, 0.3) is 0 Å². The van der Waals surface area contributed by atoms with E-state index >= 15 is 0 Å². The summed E-state index contributed by atoms with van der Waals surface area (Å²) in [6.45, 7) is 2.59. The zero-order chi connectivity index (χ0) is 13.8. The second-order valence-electron chi connectivity index (χ2n) is 4.34. The minimum atomic E-state index is -0.295. The lowest BCUT2D eigenvalue weighted by molar-refractivity contribution is 0.475. The average Bonchev–Trinajstić information content (AvgIpc) is 2.33. The van der Waals surface area contributed by atoms with E-state index in [0.29, 0.717) is 18.0 Å². The van der Waals surface area contributed by atoms with E-state index in [0.717, 1.165) is 15.6 Å². The normalized spacial score (nSPS) is 10.5. The molecule has 0 amide bonds. The summed E-state index contributed by atoms with van der Waals surface area (Å²) in [6, 6.07) is 10.4. The van der Waals surface area contributed by atoms with Crippen molar-refractivity contribution in [3.05, 3.63) is 57.8 Å². The van der Waals surface area contributed by atoms with Crippen LogP contribution in [-0.4, -0.2) is 7.05 Å². The molecule has 2 aromatic carbocycles. The molecule has 19 heavy (non-hydrogen) atoms. The molecule has 0 aromatic heterocycles. The molecular formula is C15H15BrFNO. The van der Waals surface area contributed by atoms with Crippen molar-refractivity contribution in [1.29, 1.82) is 0 Å². The standard InChI is InChI=1S/C15H15BrFNO/c1-10-5-13(3-4-15(10)16)19-14-7-11(9-18-2)6-12(17)8-14/h3-8,18H,9H2,1-2H3. The topological polar surface area (TPSA) is 21.3 Å². The van der Waals surface area contributed by atoms with Crippen LogP contribution in [0.4, 0.5) is 4.39 Å². The predicted molar refractivity (Wildman–Crippen MR) is 78.1 cm³/mol. The molecule has 0 saturated carbocycles. The third-order valence-electron chi connectivity index (χ3n) is 2.68. The van der Waals surface area contributed by atoms with E-state index in [1.165, 1.54) is 12.1 Å². The third-order valence-corrected chi connectivity index (χ3v) is 3.57. The van der Waals surface area contributed by atoms with E-state index in [1.54, 1.807) is 0 Å². The zero-order valence-electron chi connectivity index (χ0n) is 10.8. The minimum absolute atomic E-state index is 0.295. The Morgan fingerprint density at radius 3 is 2.63 bits per heavy atom. The fourth-order valence-electron chi connectivity index (χ4n) is 1.80. The first-order valence-electron chi connectivity index (χ1n) is 5.96. The first-order valence-corrected chi connectivity index (χ1v) is 6.76. The van der Waals surface area contributed by atoms with E-state index in [-0.39, 0.29) is 5.82 Å². The summed E-state index contributed by atoms with van der Waals surface area (Å²) >= 11 is 3.43. The molecule has 0 spiro atoms. The summed E-state index contributed by atoms with van der Waals surface area (Å²) in [6.07, 6.45) is 0. The highest BCUT2D eigenvalue weighted by Gasteiger charge is 2.04. The molecule has 0 bridgehead atoms. The van der Waals surface area contributed by atoms with Crippen molar-refractivity contribution in [3.8, 4) is 11.5 Å². The Bertz CT molecular complexity index is 586. The van der Waals surface area contributed by atoms with Crippen molar-refractivity contribution in [2.75, 3.05) is 7.05 Å². The predicted octanol–water partition coefficient (Wildman–Crippen LogP) is 4.41. The first kappa shape index (κ1) is 14.0. The summed E-state index contributed by atoms with van der Waals surface area (Å²) in [5, 5.41) is 2.99. The number of hydrogen-bond acceptors (Lipinski definition) is 2. The summed E-state index contributed by atoms with van der Waals surface area (Å²) in [7, 11) is 1.82. The molecule has 0 fully saturated rings. The van der Waals surface area contributed by atoms with Crippen molar-refractivity contribution < 1.29 is 9.13 Å². The molecule has 1 N–H and O–H groups in total. The van der Waals surface area contributed by atoms with Gasteiger partial charge in [0.2, 0.25) is 0 Å². The zero-order valence-corrected chi connectivity index (χ0v) is 12.4. The van der Waals surface area contributed by atoms with Crippen LogP contribution in [0, 0.1) is 12.7 Å². The molecule has 100 valence electrons. The lowest BCUT2D eigenvalue weighted by Gasteiger charge is -2.09. The van der Waals surface area contributed by atoms with Crippen LogP contribution < -0.4 is 10.1 Å². The van der Waals surface area contributed by atoms with Gasteiger partial charge in [-0.05, 0) is 55.4 Å². The van der Waals surface area contributed by atoms with Crippen LogP contribution in [0.2, 0.25) is 0 Å². The van der Waals surface area contributed by atoms with Crippen molar-refractivity contribution >= 4 is 15.9 Å². The Hall–Kier alpha value is -1.39. The number of ether oxygens (including phenoxy) is 1. The molecule has 0 radical (unpaired) electrons. The second-order valence-corrected chi connectivity index (χ2v) is 5.19. The van der Waals surface area contributed by atoms with E-state index < -0.39 is 0 Å². The van der Waals surface area contributed by atoms with Crippen molar-refractivity contribution in [3.63, 3.8) is 0 Å². The minimum Gasteiger partial charge on any atom is -0.457 e. The van der Waals surface area contributed by atoms with E-state index in [4.69, 9.17) is 4.74 Å². The molecular weight excluding hydrogens is 309 g/mol. The monoisotopic (exact) mass is 323 g/mol. The maximum Gasteiger partial charge on any atom is 0.130 e. The van der Waals surface area contributed by atoms with Gasteiger partial charge in [-0.2, -0.15) is 0 Å². The third kappa shape index (κ3) is 3.78.